The standard InChI is InChI=1S/C22H34N4.HI/c1-3-23-22(24-20-14-17(20)2)26-13-11-21-19(16-26)10-7-12-25(21)15-18-8-5-4-6-9-18;/h4-6,8-9,17,19-21H,3,7,10-16H2,1-2H3,(H,23,24);1H. The maximum atomic E-state index is 4.80. The number of guanidine groups is 1. The topological polar surface area (TPSA) is 30.9 Å². The van der Waals surface area contributed by atoms with Crippen LogP contribution in [0.2, 0.25) is 0 Å². The van der Waals surface area contributed by atoms with Gasteiger partial charge in [0.1, 0.15) is 0 Å². The van der Waals surface area contributed by atoms with Gasteiger partial charge in [0.05, 0.1) is 0 Å². The van der Waals surface area contributed by atoms with Gasteiger partial charge in [0, 0.05) is 38.3 Å². The Hall–Kier alpha value is -0.820. The highest BCUT2D eigenvalue weighted by Crippen LogP contribution is 2.33. The third kappa shape index (κ3) is 5.17. The van der Waals surface area contributed by atoms with Gasteiger partial charge in [0.15, 0.2) is 5.96 Å². The van der Waals surface area contributed by atoms with E-state index in [4.69, 9.17) is 4.99 Å². The van der Waals surface area contributed by atoms with Crippen LogP contribution in [0.3, 0.4) is 0 Å². The molecule has 27 heavy (non-hydrogen) atoms. The minimum absolute atomic E-state index is 0. The second kappa shape index (κ2) is 9.59. The highest BCUT2D eigenvalue weighted by Gasteiger charge is 2.39. The predicted octanol–water partition coefficient (Wildman–Crippen LogP) is 3.96. The van der Waals surface area contributed by atoms with Crippen LogP contribution in [0.1, 0.15) is 45.1 Å². The van der Waals surface area contributed by atoms with Gasteiger partial charge in [0.2, 0.25) is 0 Å². The summed E-state index contributed by atoms with van der Waals surface area (Å²) >= 11 is 0. The summed E-state index contributed by atoms with van der Waals surface area (Å²) in [6.45, 7) is 10.0. The molecule has 1 aromatic rings. The van der Waals surface area contributed by atoms with Crippen LogP contribution in [0, 0.1) is 11.8 Å². The maximum Gasteiger partial charge on any atom is 0.194 e. The number of nitrogens with zero attached hydrogens (tertiary/aromatic N) is 3. The van der Waals surface area contributed by atoms with Crippen LogP contribution in [0.15, 0.2) is 35.3 Å². The second-order valence-corrected chi connectivity index (χ2v) is 8.42. The van der Waals surface area contributed by atoms with Gasteiger partial charge in [-0.3, -0.25) is 9.89 Å². The number of aliphatic imine (C=N–C) groups is 1. The van der Waals surface area contributed by atoms with Crippen molar-refractivity contribution in [2.24, 2.45) is 16.8 Å². The number of benzene rings is 1. The number of likely N-dealkylation sites (tertiary alicyclic amines) is 2. The summed E-state index contributed by atoms with van der Waals surface area (Å²) in [5, 5.41) is 3.72. The summed E-state index contributed by atoms with van der Waals surface area (Å²) in [6, 6.07) is 12.4. The van der Waals surface area contributed by atoms with Crippen molar-refractivity contribution in [2.75, 3.05) is 26.2 Å². The maximum absolute atomic E-state index is 4.80. The Bertz CT molecular complexity index is 620. The number of fused-ring (bicyclic) bond motifs is 1. The fraction of sp³-hybridized carbons (Fsp3) is 0.682. The van der Waals surface area contributed by atoms with E-state index in [9.17, 15) is 0 Å². The van der Waals surface area contributed by atoms with E-state index in [1.807, 2.05) is 0 Å². The average molecular weight is 482 g/mol. The first-order valence-corrected chi connectivity index (χ1v) is 10.6. The van der Waals surface area contributed by atoms with Crippen molar-refractivity contribution >= 4 is 29.9 Å². The zero-order valence-corrected chi connectivity index (χ0v) is 19.1. The highest BCUT2D eigenvalue weighted by molar-refractivity contribution is 14.0. The van der Waals surface area contributed by atoms with Crippen molar-refractivity contribution in [3.05, 3.63) is 35.9 Å². The van der Waals surface area contributed by atoms with Crippen molar-refractivity contribution in [2.45, 2.75) is 58.2 Å². The zero-order valence-electron chi connectivity index (χ0n) is 16.8. The molecule has 4 atom stereocenters. The first-order chi connectivity index (χ1) is 12.7. The lowest BCUT2D eigenvalue weighted by atomic mass is 9.83. The molecule has 1 aliphatic carbocycles. The minimum Gasteiger partial charge on any atom is -0.353 e. The van der Waals surface area contributed by atoms with E-state index in [-0.39, 0.29) is 24.0 Å². The Morgan fingerprint density at radius 3 is 2.67 bits per heavy atom. The molecular weight excluding hydrogens is 447 g/mol. The number of rotatable bonds is 4. The van der Waals surface area contributed by atoms with E-state index in [2.05, 4.69) is 59.3 Å². The van der Waals surface area contributed by atoms with Gasteiger partial charge < -0.3 is 10.2 Å². The first-order valence-electron chi connectivity index (χ1n) is 10.6. The minimum atomic E-state index is 0. The fourth-order valence-corrected chi connectivity index (χ4v) is 4.79. The van der Waals surface area contributed by atoms with Crippen LogP contribution >= 0.6 is 24.0 Å². The SMILES string of the molecule is CCN=C(NC1CC1C)N1CCC2C(CCCN2Cc2ccccc2)C1.I. The smallest absolute Gasteiger partial charge is 0.194 e. The third-order valence-corrected chi connectivity index (χ3v) is 6.44. The molecule has 4 rings (SSSR count). The highest BCUT2D eigenvalue weighted by atomic mass is 127. The van der Waals surface area contributed by atoms with Crippen LogP contribution in [-0.2, 0) is 6.54 Å². The van der Waals surface area contributed by atoms with Gasteiger partial charge in [0.25, 0.3) is 0 Å². The quantitative estimate of drug-likeness (QED) is 0.401. The Morgan fingerprint density at radius 2 is 1.96 bits per heavy atom. The number of halogens is 1. The molecule has 0 spiro atoms. The molecule has 150 valence electrons. The molecule has 0 amide bonds. The van der Waals surface area contributed by atoms with Crippen LogP contribution in [0.4, 0.5) is 0 Å². The normalized spacial score (nSPS) is 31.0. The van der Waals surface area contributed by atoms with Crippen LogP contribution in [-0.4, -0.2) is 54.0 Å². The van der Waals surface area contributed by atoms with Gasteiger partial charge in [-0.25, -0.2) is 0 Å². The summed E-state index contributed by atoms with van der Waals surface area (Å²) < 4.78 is 0. The Labute approximate surface area is 181 Å². The fourth-order valence-electron chi connectivity index (χ4n) is 4.79. The molecular formula is C22H35IN4. The summed E-state index contributed by atoms with van der Waals surface area (Å²) in [6.07, 6.45) is 5.26. The molecule has 0 bridgehead atoms. The van der Waals surface area contributed by atoms with Gasteiger partial charge in [-0.15, -0.1) is 24.0 Å². The molecule has 4 unspecified atom stereocenters. The Morgan fingerprint density at radius 1 is 1.19 bits per heavy atom. The molecule has 1 aromatic carbocycles. The van der Waals surface area contributed by atoms with Crippen molar-refractivity contribution in [3.63, 3.8) is 0 Å². The van der Waals surface area contributed by atoms with Crippen molar-refractivity contribution in [3.8, 4) is 0 Å². The number of hydrogen-bond acceptors (Lipinski definition) is 2. The molecule has 2 saturated heterocycles. The Balaban J connectivity index is 0.00000210. The first kappa shape index (κ1) is 20.9. The monoisotopic (exact) mass is 482 g/mol. The molecule has 3 fully saturated rings. The lowest BCUT2D eigenvalue weighted by molar-refractivity contribution is 0.0372. The molecule has 0 aromatic heterocycles. The summed E-state index contributed by atoms with van der Waals surface area (Å²) in [4.78, 5) is 10.1. The summed E-state index contributed by atoms with van der Waals surface area (Å²) in [5.74, 6) is 2.76. The second-order valence-electron chi connectivity index (χ2n) is 8.42. The van der Waals surface area contributed by atoms with Gasteiger partial charge >= 0.3 is 0 Å². The number of piperidine rings is 2. The number of nitrogens with one attached hydrogen (secondary N) is 1. The third-order valence-electron chi connectivity index (χ3n) is 6.44. The molecule has 1 N–H and O–H groups in total. The van der Waals surface area contributed by atoms with E-state index < -0.39 is 0 Å². The summed E-state index contributed by atoms with van der Waals surface area (Å²) in [7, 11) is 0. The zero-order chi connectivity index (χ0) is 17.9. The van der Waals surface area contributed by atoms with E-state index in [0.29, 0.717) is 6.04 Å². The van der Waals surface area contributed by atoms with Gasteiger partial charge in [-0.1, -0.05) is 37.3 Å². The lowest BCUT2D eigenvalue weighted by Crippen LogP contribution is -2.57. The van der Waals surface area contributed by atoms with Crippen molar-refractivity contribution in [1.82, 2.24) is 15.1 Å². The largest absolute Gasteiger partial charge is 0.353 e. The van der Waals surface area contributed by atoms with Crippen molar-refractivity contribution in [1.29, 1.82) is 0 Å². The van der Waals surface area contributed by atoms with E-state index >= 15 is 0 Å². The Kier molecular flexibility index (Phi) is 7.42. The van der Waals surface area contributed by atoms with Gasteiger partial charge in [-0.05, 0) is 56.6 Å². The predicted molar refractivity (Wildman–Crippen MR) is 124 cm³/mol. The molecule has 5 heteroatoms. The molecule has 2 aliphatic heterocycles. The van der Waals surface area contributed by atoms with E-state index in [1.165, 1.54) is 50.3 Å². The lowest BCUT2D eigenvalue weighted by Gasteiger charge is -2.48. The van der Waals surface area contributed by atoms with Crippen LogP contribution < -0.4 is 5.32 Å². The average Bonchev–Trinajstić information content (AvgIpc) is 3.37. The van der Waals surface area contributed by atoms with Gasteiger partial charge in [-0.2, -0.15) is 0 Å². The molecule has 1 saturated carbocycles. The van der Waals surface area contributed by atoms with Crippen LogP contribution in [0.25, 0.3) is 0 Å². The van der Waals surface area contributed by atoms with E-state index in [1.54, 1.807) is 0 Å². The molecule has 2 heterocycles. The molecule has 3 aliphatic rings. The molecule has 0 radical (unpaired) electrons. The van der Waals surface area contributed by atoms with Crippen LogP contribution in [0.5, 0.6) is 0 Å². The summed E-state index contributed by atoms with van der Waals surface area (Å²) in [5.41, 5.74) is 1.45. The van der Waals surface area contributed by atoms with Crippen molar-refractivity contribution < 1.29 is 0 Å². The molecule has 4 nitrogen and oxygen atoms in total. The van der Waals surface area contributed by atoms with E-state index in [0.717, 1.165) is 37.5 Å². The number of hydrogen-bond donors (Lipinski definition) is 1.